The molecule has 13 atom stereocenters. The molecule has 0 aromatic rings. The molecule has 0 spiro atoms. The van der Waals surface area contributed by atoms with Crippen LogP contribution in [0.25, 0.3) is 0 Å². The van der Waals surface area contributed by atoms with Gasteiger partial charge in [-0.2, -0.15) is 0 Å². The molecule has 1 aliphatic heterocycles. The minimum absolute atomic E-state index is 0.0509. The van der Waals surface area contributed by atoms with Crippen molar-refractivity contribution in [2.75, 3.05) is 0 Å². The van der Waals surface area contributed by atoms with Crippen molar-refractivity contribution < 1.29 is 14.9 Å². The summed E-state index contributed by atoms with van der Waals surface area (Å²) in [6.07, 6.45) is 23.1. The van der Waals surface area contributed by atoms with Gasteiger partial charge in [0, 0.05) is 0 Å². The van der Waals surface area contributed by atoms with Gasteiger partial charge in [-0.25, -0.2) is 0 Å². The third-order valence-corrected chi connectivity index (χ3v) is 12.9. The molecule has 7 fully saturated rings. The van der Waals surface area contributed by atoms with E-state index in [-0.39, 0.29) is 12.2 Å². The van der Waals surface area contributed by atoms with Crippen LogP contribution in [0, 0.1) is 59.2 Å². The van der Waals surface area contributed by atoms with Crippen molar-refractivity contribution in [1.82, 2.24) is 0 Å². The normalized spacial score (nSPS) is 57.4. The standard InChI is InChI=1S/C31H50O3/c32-23-9-11-25-20(16-23)7-13-27-30(25)29(22-6-5-18-3-1-2-4-19(18)15-22)31-26-12-10-24(33)17-21(26)8-14-28(31)34-27/h18-33H,1-17H2. The number of aliphatic hydroxyl groups is 2. The number of ether oxygens (including phenoxy) is 1. The second kappa shape index (κ2) is 9.32. The average Bonchev–Trinajstić information content (AvgIpc) is 2.86. The maximum Gasteiger partial charge on any atom is 0.0612 e. The number of hydrogen-bond donors (Lipinski definition) is 2. The summed E-state index contributed by atoms with van der Waals surface area (Å²) in [6, 6.07) is 0. The van der Waals surface area contributed by atoms with Crippen LogP contribution in [0.5, 0.6) is 0 Å². The Labute approximate surface area is 207 Å². The monoisotopic (exact) mass is 470 g/mol. The molecule has 3 heteroatoms. The zero-order valence-corrected chi connectivity index (χ0v) is 21.4. The predicted octanol–water partition coefficient (Wildman–Crippen LogP) is 6.35. The van der Waals surface area contributed by atoms with Crippen LogP contribution >= 0.6 is 0 Å². The van der Waals surface area contributed by atoms with Crippen LogP contribution in [0.15, 0.2) is 0 Å². The second-order valence-electron chi connectivity index (χ2n) is 14.3. The molecule has 34 heavy (non-hydrogen) atoms. The lowest BCUT2D eigenvalue weighted by atomic mass is 9.48. The Bertz CT molecular complexity index is 681. The number of fused-ring (bicyclic) bond motifs is 7. The number of hydrogen-bond acceptors (Lipinski definition) is 3. The zero-order valence-electron chi connectivity index (χ0n) is 21.4. The van der Waals surface area contributed by atoms with Gasteiger partial charge in [-0.3, -0.25) is 0 Å². The summed E-state index contributed by atoms with van der Waals surface area (Å²) in [4.78, 5) is 0. The lowest BCUT2D eigenvalue weighted by molar-refractivity contribution is -0.237. The molecule has 7 aliphatic rings. The number of aliphatic hydroxyl groups excluding tert-OH is 2. The van der Waals surface area contributed by atoms with E-state index in [0.717, 1.165) is 84.9 Å². The molecule has 3 nitrogen and oxygen atoms in total. The van der Waals surface area contributed by atoms with Gasteiger partial charge < -0.3 is 14.9 Å². The van der Waals surface area contributed by atoms with E-state index in [1.54, 1.807) is 0 Å². The van der Waals surface area contributed by atoms with Gasteiger partial charge in [0.25, 0.3) is 0 Å². The van der Waals surface area contributed by atoms with Gasteiger partial charge >= 0.3 is 0 Å². The van der Waals surface area contributed by atoms with Crippen molar-refractivity contribution in [3.63, 3.8) is 0 Å². The van der Waals surface area contributed by atoms with Crippen LogP contribution in [-0.4, -0.2) is 34.6 Å². The first-order chi connectivity index (χ1) is 16.7. The molecule has 0 radical (unpaired) electrons. The quantitative estimate of drug-likeness (QED) is 0.469. The van der Waals surface area contributed by atoms with E-state index >= 15 is 0 Å². The van der Waals surface area contributed by atoms with Gasteiger partial charge in [-0.05, 0) is 143 Å². The largest absolute Gasteiger partial charge is 0.393 e. The molecule has 1 saturated heterocycles. The topological polar surface area (TPSA) is 49.7 Å². The van der Waals surface area contributed by atoms with Crippen molar-refractivity contribution in [2.24, 2.45) is 59.2 Å². The minimum Gasteiger partial charge on any atom is -0.393 e. The molecule has 1 heterocycles. The lowest BCUT2D eigenvalue weighted by Gasteiger charge is -2.62. The molecule has 6 aliphatic carbocycles. The molecule has 13 unspecified atom stereocenters. The maximum absolute atomic E-state index is 10.5. The highest BCUT2D eigenvalue weighted by molar-refractivity contribution is 5.07. The zero-order chi connectivity index (χ0) is 22.8. The first-order valence-corrected chi connectivity index (χ1v) is 15.7. The Morgan fingerprint density at radius 2 is 0.941 bits per heavy atom. The van der Waals surface area contributed by atoms with Crippen LogP contribution in [0.3, 0.4) is 0 Å². The third-order valence-electron chi connectivity index (χ3n) is 12.9. The van der Waals surface area contributed by atoms with E-state index in [1.807, 2.05) is 0 Å². The van der Waals surface area contributed by atoms with E-state index in [1.165, 1.54) is 83.5 Å². The molecule has 0 bridgehead atoms. The molecule has 0 aromatic carbocycles. The van der Waals surface area contributed by atoms with Crippen molar-refractivity contribution in [3.05, 3.63) is 0 Å². The predicted molar refractivity (Wildman–Crippen MR) is 134 cm³/mol. The third kappa shape index (κ3) is 3.94. The fourth-order valence-corrected chi connectivity index (χ4v) is 11.6. The van der Waals surface area contributed by atoms with E-state index in [2.05, 4.69) is 0 Å². The van der Waals surface area contributed by atoms with E-state index in [9.17, 15) is 10.2 Å². The van der Waals surface area contributed by atoms with Gasteiger partial charge in [0.05, 0.1) is 24.4 Å². The molecule has 7 rings (SSSR count). The summed E-state index contributed by atoms with van der Waals surface area (Å²) in [7, 11) is 0. The minimum atomic E-state index is -0.0509. The Balaban J connectivity index is 1.23. The SMILES string of the molecule is OC1CCC2C(CCC3OC4CCC5CC(O)CCC5C4C(C4CCC5CCCCC5C4)C32)C1. The average molecular weight is 471 g/mol. The molecular formula is C31H50O3. The molecular weight excluding hydrogens is 420 g/mol. The molecule has 6 saturated carbocycles. The summed E-state index contributed by atoms with van der Waals surface area (Å²) < 4.78 is 7.15. The Kier molecular flexibility index (Phi) is 6.31. The summed E-state index contributed by atoms with van der Waals surface area (Å²) in [5.74, 6) is 8.40. The van der Waals surface area contributed by atoms with Crippen molar-refractivity contribution >= 4 is 0 Å². The van der Waals surface area contributed by atoms with Crippen LogP contribution in [0.4, 0.5) is 0 Å². The van der Waals surface area contributed by atoms with Crippen LogP contribution in [0.1, 0.15) is 109 Å². The molecule has 0 aromatic heterocycles. The second-order valence-corrected chi connectivity index (χ2v) is 14.3. The van der Waals surface area contributed by atoms with Crippen LogP contribution < -0.4 is 0 Å². The maximum atomic E-state index is 10.5. The highest BCUT2D eigenvalue weighted by Gasteiger charge is 2.59. The van der Waals surface area contributed by atoms with Gasteiger partial charge in [-0.15, -0.1) is 0 Å². The smallest absolute Gasteiger partial charge is 0.0612 e. The van der Waals surface area contributed by atoms with Gasteiger partial charge in [0.1, 0.15) is 0 Å². The first-order valence-electron chi connectivity index (χ1n) is 15.7. The van der Waals surface area contributed by atoms with Crippen molar-refractivity contribution in [2.45, 2.75) is 134 Å². The number of rotatable bonds is 1. The van der Waals surface area contributed by atoms with Crippen molar-refractivity contribution in [1.29, 1.82) is 0 Å². The Morgan fingerprint density at radius 1 is 0.412 bits per heavy atom. The lowest BCUT2D eigenvalue weighted by Crippen LogP contribution is -2.61. The Morgan fingerprint density at radius 3 is 1.56 bits per heavy atom. The van der Waals surface area contributed by atoms with Gasteiger partial charge in [-0.1, -0.05) is 25.7 Å². The highest BCUT2D eigenvalue weighted by atomic mass is 16.5. The summed E-state index contributed by atoms with van der Waals surface area (Å²) in [5.41, 5.74) is 0. The summed E-state index contributed by atoms with van der Waals surface area (Å²) >= 11 is 0. The van der Waals surface area contributed by atoms with Gasteiger partial charge in [0.2, 0.25) is 0 Å². The fourth-order valence-electron chi connectivity index (χ4n) is 11.6. The van der Waals surface area contributed by atoms with E-state index in [4.69, 9.17) is 4.74 Å². The Hall–Kier alpha value is -0.120. The van der Waals surface area contributed by atoms with Crippen LogP contribution in [-0.2, 0) is 4.74 Å². The van der Waals surface area contributed by atoms with Gasteiger partial charge in [0.15, 0.2) is 0 Å². The summed E-state index contributed by atoms with van der Waals surface area (Å²) in [6.45, 7) is 0. The van der Waals surface area contributed by atoms with Crippen molar-refractivity contribution in [3.8, 4) is 0 Å². The van der Waals surface area contributed by atoms with E-state index < -0.39 is 0 Å². The molecule has 0 amide bonds. The van der Waals surface area contributed by atoms with Crippen LogP contribution in [0.2, 0.25) is 0 Å². The fraction of sp³-hybridized carbons (Fsp3) is 1.00. The summed E-state index contributed by atoms with van der Waals surface area (Å²) in [5, 5.41) is 21.0. The molecule has 2 N–H and O–H groups in total. The molecule has 192 valence electrons. The highest BCUT2D eigenvalue weighted by Crippen LogP contribution is 2.62. The van der Waals surface area contributed by atoms with E-state index in [0.29, 0.717) is 12.2 Å². The first kappa shape index (κ1) is 23.0.